The molecule has 3 aromatic rings. The quantitative estimate of drug-likeness (QED) is 0.392. The first kappa shape index (κ1) is 26.1. The van der Waals surface area contributed by atoms with Crippen molar-refractivity contribution in [2.75, 3.05) is 52.7 Å². The Labute approximate surface area is 225 Å². The van der Waals surface area contributed by atoms with Gasteiger partial charge in [0.2, 0.25) is 12.7 Å². The van der Waals surface area contributed by atoms with Crippen molar-refractivity contribution in [3.63, 3.8) is 0 Å². The third kappa shape index (κ3) is 6.69. The Morgan fingerprint density at radius 2 is 1.74 bits per heavy atom. The normalized spacial score (nSPS) is 14.9. The van der Waals surface area contributed by atoms with Crippen LogP contribution >= 0.6 is 11.3 Å². The fraction of sp³-hybridized carbons (Fsp3) is 0.357. The summed E-state index contributed by atoms with van der Waals surface area (Å²) in [6, 6.07) is 15.1. The number of benzene rings is 2. The largest absolute Gasteiger partial charge is 0.454 e. The standard InChI is InChI=1S/C28H30FN3O5S/c29-23-6-3-21(4-7-23)17-32(18-24-2-1-15-38-24)27(33)19-31(10-9-30-11-13-35-14-12-30)28(34)22-5-8-25-26(16-22)37-20-36-25/h1-8,15-16H,9-14,17-20H2. The van der Waals surface area contributed by atoms with Crippen LogP contribution in [0.4, 0.5) is 4.39 Å². The summed E-state index contributed by atoms with van der Waals surface area (Å²) >= 11 is 1.57. The number of fused-ring (bicyclic) bond motifs is 1. The van der Waals surface area contributed by atoms with E-state index in [1.54, 1.807) is 51.5 Å². The average Bonchev–Trinajstić information content (AvgIpc) is 3.63. The lowest BCUT2D eigenvalue weighted by Gasteiger charge is -2.31. The van der Waals surface area contributed by atoms with Gasteiger partial charge in [-0.25, -0.2) is 4.39 Å². The third-order valence-corrected chi connectivity index (χ3v) is 7.45. The van der Waals surface area contributed by atoms with Crippen LogP contribution in [0.5, 0.6) is 11.5 Å². The van der Waals surface area contributed by atoms with Crippen molar-refractivity contribution in [1.29, 1.82) is 0 Å². The van der Waals surface area contributed by atoms with Crippen molar-refractivity contribution < 1.29 is 28.2 Å². The lowest BCUT2D eigenvalue weighted by molar-refractivity contribution is -0.133. The summed E-state index contributed by atoms with van der Waals surface area (Å²) in [6.07, 6.45) is 0. The zero-order valence-corrected chi connectivity index (χ0v) is 21.8. The molecule has 2 aliphatic rings. The van der Waals surface area contributed by atoms with Crippen LogP contribution in [-0.2, 0) is 22.6 Å². The summed E-state index contributed by atoms with van der Waals surface area (Å²) in [5.41, 5.74) is 1.26. The second-order valence-corrected chi connectivity index (χ2v) is 10.2. The van der Waals surface area contributed by atoms with E-state index in [1.165, 1.54) is 12.1 Å². The van der Waals surface area contributed by atoms with Crippen LogP contribution in [0.3, 0.4) is 0 Å². The molecule has 0 radical (unpaired) electrons. The molecule has 0 N–H and O–H groups in total. The van der Waals surface area contributed by atoms with Gasteiger partial charge in [-0.3, -0.25) is 14.5 Å². The third-order valence-electron chi connectivity index (χ3n) is 6.59. The Kier molecular flexibility index (Phi) is 8.52. The first-order chi connectivity index (χ1) is 18.5. The maximum atomic E-state index is 13.7. The summed E-state index contributed by atoms with van der Waals surface area (Å²) < 4.78 is 29.8. The molecule has 5 rings (SSSR count). The van der Waals surface area contributed by atoms with Crippen molar-refractivity contribution in [2.24, 2.45) is 0 Å². The van der Waals surface area contributed by atoms with Crippen LogP contribution in [0.15, 0.2) is 60.0 Å². The Morgan fingerprint density at radius 3 is 2.50 bits per heavy atom. The minimum Gasteiger partial charge on any atom is -0.454 e. The van der Waals surface area contributed by atoms with Gasteiger partial charge >= 0.3 is 0 Å². The molecule has 1 saturated heterocycles. The van der Waals surface area contributed by atoms with E-state index in [0.717, 1.165) is 23.5 Å². The summed E-state index contributed by atoms with van der Waals surface area (Å²) in [4.78, 5) is 34.0. The van der Waals surface area contributed by atoms with Crippen LogP contribution < -0.4 is 9.47 Å². The molecule has 10 heteroatoms. The predicted octanol–water partition coefficient (Wildman–Crippen LogP) is 3.62. The van der Waals surface area contributed by atoms with Gasteiger partial charge in [-0.2, -0.15) is 0 Å². The van der Waals surface area contributed by atoms with Gasteiger partial charge in [0.1, 0.15) is 12.4 Å². The maximum absolute atomic E-state index is 13.7. The molecule has 0 unspecified atom stereocenters. The molecule has 38 heavy (non-hydrogen) atoms. The number of amides is 2. The van der Waals surface area contributed by atoms with Gasteiger partial charge < -0.3 is 24.0 Å². The van der Waals surface area contributed by atoms with E-state index in [-0.39, 0.29) is 31.0 Å². The molecule has 2 amide bonds. The van der Waals surface area contributed by atoms with Gasteiger partial charge in [-0.05, 0) is 47.3 Å². The molecule has 2 aliphatic heterocycles. The molecule has 0 aliphatic carbocycles. The van der Waals surface area contributed by atoms with E-state index in [1.807, 2.05) is 17.5 Å². The molecule has 0 spiro atoms. The van der Waals surface area contributed by atoms with Crippen molar-refractivity contribution >= 4 is 23.2 Å². The van der Waals surface area contributed by atoms with Gasteiger partial charge in [-0.15, -0.1) is 11.3 Å². The van der Waals surface area contributed by atoms with Crippen molar-refractivity contribution in [3.05, 3.63) is 81.8 Å². The van der Waals surface area contributed by atoms with E-state index in [0.29, 0.717) is 56.5 Å². The van der Waals surface area contributed by atoms with Gasteiger partial charge in [-0.1, -0.05) is 18.2 Å². The molecule has 8 nitrogen and oxygen atoms in total. The number of ether oxygens (including phenoxy) is 3. The number of halogens is 1. The zero-order valence-electron chi connectivity index (χ0n) is 21.0. The van der Waals surface area contributed by atoms with E-state index < -0.39 is 0 Å². The van der Waals surface area contributed by atoms with Crippen molar-refractivity contribution in [2.45, 2.75) is 13.1 Å². The second kappa shape index (κ2) is 12.4. The highest BCUT2D eigenvalue weighted by Gasteiger charge is 2.26. The lowest BCUT2D eigenvalue weighted by atomic mass is 10.1. The molecule has 1 fully saturated rings. The number of thiophene rings is 1. The number of hydrogen-bond donors (Lipinski definition) is 0. The van der Waals surface area contributed by atoms with E-state index in [2.05, 4.69) is 4.90 Å². The highest BCUT2D eigenvalue weighted by atomic mass is 32.1. The van der Waals surface area contributed by atoms with Crippen LogP contribution in [0, 0.1) is 5.82 Å². The molecular weight excluding hydrogens is 509 g/mol. The fourth-order valence-corrected chi connectivity index (χ4v) is 5.17. The Balaban J connectivity index is 1.34. The minimum atomic E-state index is -0.325. The number of carbonyl (C=O) groups is 2. The van der Waals surface area contributed by atoms with E-state index >= 15 is 0 Å². The highest BCUT2D eigenvalue weighted by Crippen LogP contribution is 2.32. The van der Waals surface area contributed by atoms with E-state index in [9.17, 15) is 14.0 Å². The molecule has 0 saturated carbocycles. The van der Waals surface area contributed by atoms with Crippen molar-refractivity contribution in [1.82, 2.24) is 14.7 Å². The van der Waals surface area contributed by atoms with Crippen molar-refractivity contribution in [3.8, 4) is 11.5 Å². The van der Waals surface area contributed by atoms with Crippen LogP contribution in [0.2, 0.25) is 0 Å². The Hall–Kier alpha value is -3.47. The van der Waals surface area contributed by atoms with Crippen LogP contribution in [0.25, 0.3) is 0 Å². The molecule has 2 aromatic carbocycles. The summed E-state index contributed by atoms with van der Waals surface area (Å²) in [6.45, 7) is 4.67. The molecule has 1 aromatic heterocycles. The summed E-state index contributed by atoms with van der Waals surface area (Å²) in [5.74, 6) is 0.361. The monoisotopic (exact) mass is 539 g/mol. The number of hydrogen-bond acceptors (Lipinski definition) is 7. The second-order valence-electron chi connectivity index (χ2n) is 9.20. The molecule has 0 bridgehead atoms. The number of carbonyl (C=O) groups excluding carboxylic acids is 2. The lowest BCUT2D eigenvalue weighted by Crippen LogP contribution is -2.47. The molecular formula is C28H30FN3O5S. The van der Waals surface area contributed by atoms with Gasteiger partial charge in [0.05, 0.1) is 19.8 Å². The SMILES string of the molecule is O=C(CN(CCN1CCOCC1)C(=O)c1ccc2c(c1)OCO2)N(Cc1ccc(F)cc1)Cc1cccs1. The number of nitrogens with zero attached hydrogens (tertiary/aromatic N) is 3. The molecule has 0 atom stereocenters. The van der Waals surface area contributed by atoms with Gasteiger partial charge in [0, 0.05) is 43.2 Å². The summed E-state index contributed by atoms with van der Waals surface area (Å²) in [5, 5.41) is 1.97. The molecule has 200 valence electrons. The first-order valence-electron chi connectivity index (χ1n) is 12.6. The molecule has 3 heterocycles. The number of rotatable bonds is 10. The fourth-order valence-electron chi connectivity index (χ4n) is 4.45. The predicted molar refractivity (Wildman–Crippen MR) is 141 cm³/mol. The first-order valence-corrected chi connectivity index (χ1v) is 13.5. The average molecular weight is 540 g/mol. The minimum absolute atomic E-state index is 0.0792. The van der Waals surface area contributed by atoms with Gasteiger partial charge in [0.15, 0.2) is 11.5 Å². The Bertz CT molecular complexity index is 1230. The Morgan fingerprint density at radius 1 is 0.947 bits per heavy atom. The topological polar surface area (TPSA) is 71.5 Å². The van der Waals surface area contributed by atoms with Crippen LogP contribution in [0.1, 0.15) is 20.8 Å². The van der Waals surface area contributed by atoms with E-state index in [4.69, 9.17) is 14.2 Å². The highest BCUT2D eigenvalue weighted by molar-refractivity contribution is 7.09. The number of morpholine rings is 1. The smallest absolute Gasteiger partial charge is 0.254 e. The van der Waals surface area contributed by atoms with Crippen LogP contribution in [-0.4, -0.2) is 79.2 Å². The maximum Gasteiger partial charge on any atom is 0.254 e. The van der Waals surface area contributed by atoms with Gasteiger partial charge in [0.25, 0.3) is 5.91 Å². The summed E-state index contributed by atoms with van der Waals surface area (Å²) in [7, 11) is 0. The zero-order chi connectivity index (χ0) is 26.3.